The molecule has 0 aliphatic heterocycles. The van der Waals surface area contributed by atoms with Crippen molar-refractivity contribution in [1.82, 2.24) is 18.7 Å². The van der Waals surface area contributed by atoms with Crippen molar-refractivity contribution >= 4 is 22.8 Å². The van der Waals surface area contributed by atoms with Gasteiger partial charge >= 0.3 is 5.69 Å². The van der Waals surface area contributed by atoms with Gasteiger partial charge in [-0.25, -0.2) is 18.7 Å². The molecule has 2 heterocycles. The molecule has 0 aliphatic carbocycles. The highest BCUT2D eigenvalue weighted by Crippen LogP contribution is 2.18. The van der Waals surface area contributed by atoms with Gasteiger partial charge in [-0.15, -0.1) is 0 Å². The topological polar surface area (TPSA) is 61.8 Å². The van der Waals surface area contributed by atoms with Gasteiger partial charge in [0.05, 0.1) is 18.6 Å². The monoisotopic (exact) mass is 474 g/mol. The number of hydrogen-bond acceptors (Lipinski definition) is 3. The number of fused-ring (bicyclic) bond motifs is 1. The number of benzene rings is 3. The molecule has 0 aliphatic rings. The van der Waals surface area contributed by atoms with E-state index in [9.17, 15) is 14.0 Å². The minimum absolute atomic E-state index is 0.00296. The SMILES string of the molecule is Cc1ccccc1Cn1cnc2c1c(=O)n(Cc1ccc(F)cc1)c(=O)n2-c1ccc(Cl)cc1. The lowest BCUT2D eigenvalue weighted by Crippen LogP contribution is -2.40. The molecule has 170 valence electrons. The molecule has 8 heteroatoms. The summed E-state index contributed by atoms with van der Waals surface area (Å²) in [6, 6.07) is 20.4. The summed E-state index contributed by atoms with van der Waals surface area (Å²) < 4.78 is 17.7. The molecule has 0 unspecified atom stereocenters. The van der Waals surface area contributed by atoms with Gasteiger partial charge < -0.3 is 4.57 Å². The third-order valence-corrected chi connectivity index (χ3v) is 6.09. The second kappa shape index (κ2) is 8.76. The Morgan fingerprint density at radius 3 is 2.32 bits per heavy atom. The lowest BCUT2D eigenvalue weighted by molar-refractivity contribution is 0.624. The van der Waals surface area contributed by atoms with Crippen LogP contribution in [-0.2, 0) is 13.1 Å². The van der Waals surface area contributed by atoms with Crippen molar-refractivity contribution in [3.8, 4) is 5.69 Å². The molecule has 0 atom stereocenters. The Balaban J connectivity index is 1.75. The molecule has 0 N–H and O–H groups in total. The van der Waals surface area contributed by atoms with E-state index in [4.69, 9.17) is 11.6 Å². The predicted octanol–water partition coefficient (Wildman–Crippen LogP) is 4.55. The van der Waals surface area contributed by atoms with E-state index in [2.05, 4.69) is 4.98 Å². The highest BCUT2D eigenvalue weighted by atomic mass is 35.5. The average molecular weight is 475 g/mol. The molecule has 0 amide bonds. The standard InChI is InChI=1S/C26H20ClFN4O2/c1-17-4-2-3-5-19(17)15-30-16-29-24-23(30)25(33)31(14-18-6-10-21(28)11-7-18)26(34)32(24)22-12-8-20(27)9-13-22/h2-13,16H,14-15H2,1H3. The van der Waals surface area contributed by atoms with Crippen molar-refractivity contribution in [3.63, 3.8) is 0 Å². The van der Waals surface area contributed by atoms with Crippen LogP contribution >= 0.6 is 11.6 Å². The summed E-state index contributed by atoms with van der Waals surface area (Å²) in [7, 11) is 0. The number of aromatic nitrogens is 4. The fourth-order valence-corrected chi connectivity index (χ4v) is 4.13. The highest BCUT2D eigenvalue weighted by molar-refractivity contribution is 6.30. The van der Waals surface area contributed by atoms with Gasteiger partial charge in [-0.05, 0) is 60.0 Å². The molecular formula is C26H20ClFN4O2. The van der Waals surface area contributed by atoms with Crippen molar-refractivity contribution in [2.75, 3.05) is 0 Å². The Hall–Kier alpha value is -3.97. The number of aryl methyl sites for hydroxylation is 1. The van der Waals surface area contributed by atoms with Crippen molar-refractivity contribution in [3.05, 3.63) is 127 Å². The lowest BCUT2D eigenvalue weighted by atomic mass is 10.1. The molecule has 0 saturated carbocycles. The number of imidazole rings is 1. The first kappa shape index (κ1) is 21.9. The van der Waals surface area contributed by atoms with E-state index in [1.54, 1.807) is 47.3 Å². The molecule has 34 heavy (non-hydrogen) atoms. The third-order valence-electron chi connectivity index (χ3n) is 5.84. The Morgan fingerprint density at radius 2 is 1.62 bits per heavy atom. The maximum Gasteiger partial charge on any atom is 0.337 e. The Kier molecular flexibility index (Phi) is 5.63. The van der Waals surface area contributed by atoms with E-state index in [-0.39, 0.29) is 18.0 Å². The second-order valence-corrected chi connectivity index (χ2v) is 8.52. The lowest BCUT2D eigenvalue weighted by Gasteiger charge is -2.13. The third kappa shape index (κ3) is 3.95. The maximum absolute atomic E-state index is 13.6. The van der Waals surface area contributed by atoms with Crippen LogP contribution in [0, 0.1) is 12.7 Å². The van der Waals surface area contributed by atoms with Crippen LogP contribution < -0.4 is 11.2 Å². The van der Waals surface area contributed by atoms with Gasteiger partial charge in [0.2, 0.25) is 0 Å². The van der Waals surface area contributed by atoms with Crippen LogP contribution in [0.1, 0.15) is 16.7 Å². The van der Waals surface area contributed by atoms with Crippen molar-refractivity contribution in [2.45, 2.75) is 20.0 Å². The fourth-order valence-electron chi connectivity index (χ4n) is 4.01. The van der Waals surface area contributed by atoms with E-state index in [0.717, 1.165) is 15.7 Å². The molecule has 2 aromatic heterocycles. The van der Waals surface area contributed by atoms with E-state index in [1.165, 1.54) is 16.7 Å². The van der Waals surface area contributed by atoms with Gasteiger partial charge in [0, 0.05) is 11.6 Å². The van der Waals surface area contributed by atoms with Gasteiger partial charge in [-0.3, -0.25) is 9.36 Å². The molecule has 0 fully saturated rings. The Morgan fingerprint density at radius 1 is 0.912 bits per heavy atom. The molecule has 6 nitrogen and oxygen atoms in total. The second-order valence-electron chi connectivity index (χ2n) is 8.08. The molecule has 0 bridgehead atoms. The van der Waals surface area contributed by atoms with Crippen LogP contribution in [0.4, 0.5) is 4.39 Å². The van der Waals surface area contributed by atoms with Crippen LogP contribution in [-0.4, -0.2) is 18.7 Å². The summed E-state index contributed by atoms with van der Waals surface area (Å²) >= 11 is 6.05. The molecule has 5 aromatic rings. The summed E-state index contributed by atoms with van der Waals surface area (Å²) in [6.07, 6.45) is 1.58. The fraction of sp³-hybridized carbons (Fsp3) is 0.115. The highest BCUT2D eigenvalue weighted by Gasteiger charge is 2.20. The smallest absolute Gasteiger partial charge is 0.320 e. The minimum Gasteiger partial charge on any atom is -0.320 e. The first-order valence-electron chi connectivity index (χ1n) is 10.7. The molecule has 0 spiro atoms. The summed E-state index contributed by atoms with van der Waals surface area (Å²) in [6.45, 7) is 2.43. The Labute approximate surface area is 199 Å². The van der Waals surface area contributed by atoms with Crippen LogP contribution in [0.15, 0.2) is 88.7 Å². The average Bonchev–Trinajstić information content (AvgIpc) is 3.24. The van der Waals surface area contributed by atoms with Gasteiger partial charge in [-0.1, -0.05) is 48.0 Å². The van der Waals surface area contributed by atoms with Crippen LogP contribution in [0.3, 0.4) is 0 Å². The molecule has 5 rings (SSSR count). The summed E-state index contributed by atoms with van der Waals surface area (Å²) in [4.78, 5) is 31.6. The summed E-state index contributed by atoms with van der Waals surface area (Å²) in [5.74, 6) is -0.388. The molecule has 0 saturated heterocycles. The number of hydrogen-bond donors (Lipinski definition) is 0. The van der Waals surface area contributed by atoms with Gasteiger partial charge in [-0.2, -0.15) is 0 Å². The minimum atomic E-state index is -0.537. The van der Waals surface area contributed by atoms with Crippen molar-refractivity contribution in [2.24, 2.45) is 0 Å². The van der Waals surface area contributed by atoms with Gasteiger partial charge in [0.15, 0.2) is 11.2 Å². The van der Waals surface area contributed by atoms with Crippen LogP contribution in [0.5, 0.6) is 0 Å². The largest absolute Gasteiger partial charge is 0.337 e. The zero-order valence-electron chi connectivity index (χ0n) is 18.3. The van der Waals surface area contributed by atoms with Crippen LogP contribution in [0.2, 0.25) is 5.02 Å². The quantitative estimate of drug-likeness (QED) is 0.375. The normalized spacial score (nSPS) is 11.3. The van der Waals surface area contributed by atoms with Crippen LogP contribution in [0.25, 0.3) is 16.9 Å². The molecule has 3 aromatic carbocycles. The Bertz CT molecular complexity index is 1620. The van der Waals surface area contributed by atoms with Crippen molar-refractivity contribution in [1.29, 1.82) is 0 Å². The van der Waals surface area contributed by atoms with E-state index >= 15 is 0 Å². The summed E-state index contributed by atoms with van der Waals surface area (Å²) in [5, 5.41) is 0.526. The van der Waals surface area contributed by atoms with E-state index < -0.39 is 11.2 Å². The van der Waals surface area contributed by atoms with Gasteiger partial charge in [0.1, 0.15) is 5.82 Å². The first-order chi connectivity index (χ1) is 16.4. The zero-order chi connectivity index (χ0) is 23.8. The number of rotatable bonds is 5. The van der Waals surface area contributed by atoms with E-state index in [0.29, 0.717) is 28.3 Å². The maximum atomic E-state index is 13.6. The van der Waals surface area contributed by atoms with Crippen molar-refractivity contribution < 1.29 is 4.39 Å². The zero-order valence-corrected chi connectivity index (χ0v) is 19.0. The number of halogens is 2. The number of nitrogens with zero attached hydrogens (tertiary/aromatic N) is 4. The predicted molar refractivity (Wildman–Crippen MR) is 130 cm³/mol. The molecular weight excluding hydrogens is 455 g/mol. The first-order valence-corrected chi connectivity index (χ1v) is 11.1. The summed E-state index contributed by atoms with van der Waals surface area (Å²) in [5.41, 5.74) is 2.87. The van der Waals surface area contributed by atoms with E-state index in [1.807, 2.05) is 31.2 Å². The van der Waals surface area contributed by atoms with Gasteiger partial charge in [0.25, 0.3) is 5.56 Å². The molecule has 0 radical (unpaired) electrons.